The van der Waals surface area contributed by atoms with E-state index in [-0.39, 0.29) is 12.5 Å². The van der Waals surface area contributed by atoms with Gasteiger partial charge in [0.2, 0.25) is 0 Å². The third kappa shape index (κ3) is 2.58. The first-order valence-electron chi connectivity index (χ1n) is 7.71. The van der Waals surface area contributed by atoms with Gasteiger partial charge in [-0.05, 0) is 6.07 Å². The largest absolute Gasteiger partial charge is 0.389 e. The van der Waals surface area contributed by atoms with E-state index in [4.69, 9.17) is 0 Å². The third-order valence-corrected chi connectivity index (χ3v) is 4.14. The van der Waals surface area contributed by atoms with Crippen molar-refractivity contribution in [3.05, 3.63) is 36.7 Å². The van der Waals surface area contributed by atoms with E-state index in [9.17, 15) is 9.90 Å². The number of amides is 1. The molecule has 1 saturated heterocycles. The molecule has 1 amide bonds. The highest BCUT2D eigenvalue weighted by Gasteiger charge is 2.27. The number of anilines is 1. The van der Waals surface area contributed by atoms with Gasteiger partial charge in [0.15, 0.2) is 11.5 Å². The molecule has 3 aromatic heterocycles. The number of hydrogen-bond acceptors (Lipinski definition) is 6. The van der Waals surface area contributed by atoms with Gasteiger partial charge in [0.05, 0.1) is 18.0 Å². The maximum Gasteiger partial charge on any atom is 0.255 e. The van der Waals surface area contributed by atoms with Crippen LogP contribution in [0.15, 0.2) is 31.1 Å². The molecule has 1 aliphatic heterocycles. The normalized spacial score (nSPS) is 18.8. The molecule has 1 aliphatic rings. The number of carbonyl (C=O) groups excluding carboxylic acids is 1. The highest BCUT2D eigenvalue weighted by Crippen LogP contribution is 2.21. The number of hydrogen-bond donors (Lipinski definition) is 3. The van der Waals surface area contributed by atoms with Crippen LogP contribution >= 0.6 is 0 Å². The zero-order valence-electron chi connectivity index (χ0n) is 12.9. The molecule has 0 spiro atoms. The Kier molecular flexibility index (Phi) is 3.62. The topological polar surface area (TPSA) is 114 Å². The van der Waals surface area contributed by atoms with Gasteiger partial charge in [0, 0.05) is 38.6 Å². The van der Waals surface area contributed by atoms with Crippen molar-refractivity contribution in [1.82, 2.24) is 29.8 Å². The first-order valence-corrected chi connectivity index (χ1v) is 7.71. The number of fused-ring (bicyclic) bond motifs is 1. The third-order valence-electron chi connectivity index (χ3n) is 4.14. The molecule has 0 aromatic carbocycles. The van der Waals surface area contributed by atoms with Gasteiger partial charge in [-0.3, -0.25) is 4.79 Å². The number of aromatic amines is 2. The number of aromatic nitrogens is 5. The fourth-order valence-electron chi connectivity index (χ4n) is 3.00. The lowest BCUT2D eigenvalue weighted by Crippen LogP contribution is -2.37. The highest BCUT2D eigenvalue weighted by atomic mass is 16.3. The Labute approximate surface area is 137 Å². The Balaban J connectivity index is 1.58. The summed E-state index contributed by atoms with van der Waals surface area (Å²) in [5.41, 5.74) is 1.91. The number of β-amino-alcohol motifs (C(OH)–C–C–N with tert-alkyl or cyclic N) is 1. The van der Waals surface area contributed by atoms with Crippen molar-refractivity contribution in [1.29, 1.82) is 0 Å². The number of aliphatic hydroxyl groups is 1. The zero-order valence-corrected chi connectivity index (χ0v) is 12.9. The Bertz CT molecular complexity index is 845. The minimum atomic E-state index is -0.664. The van der Waals surface area contributed by atoms with Gasteiger partial charge >= 0.3 is 0 Å². The Hall–Kier alpha value is -2.94. The first kappa shape index (κ1) is 14.6. The van der Waals surface area contributed by atoms with Crippen LogP contribution in [0.3, 0.4) is 0 Å². The molecule has 0 bridgehead atoms. The van der Waals surface area contributed by atoms with Crippen molar-refractivity contribution in [3.8, 4) is 0 Å². The summed E-state index contributed by atoms with van der Waals surface area (Å²) in [4.78, 5) is 34.6. The van der Waals surface area contributed by atoms with Gasteiger partial charge in [-0.1, -0.05) is 0 Å². The fraction of sp³-hybridized carbons (Fsp3) is 0.333. The van der Waals surface area contributed by atoms with Crippen LogP contribution in [0, 0.1) is 0 Å². The van der Waals surface area contributed by atoms with Crippen molar-refractivity contribution in [2.24, 2.45) is 0 Å². The molecule has 0 saturated carbocycles. The van der Waals surface area contributed by atoms with Crippen LogP contribution in [-0.4, -0.2) is 73.1 Å². The van der Waals surface area contributed by atoms with E-state index in [0.717, 1.165) is 5.52 Å². The van der Waals surface area contributed by atoms with Crippen molar-refractivity contribution >= 4 is 22.9 Å². The molecule has 3 N–H and O–H groups in total. The van der Waals surface area contributed by atoms with Crippen LogP contribution in [0.1, 0.15) is 10.4 Å². The molecule has 0 aliphatic carbocycles. The molecule has 4 heterocycles. The summed E-state index contributed by atoms with van der Waals surface area (Å²) in [6.45, 7) is 1.75. The molecule has 24 heavy (non-hydrogen) atoms. The number of nitrogens with zero attached hydrogens (tertiary/aromatic N) is 5. The van der Waals surface area contributed by atoms with Crippen LogP contribution in [0.4, 0.5) is 5.82 Å². The van der Waals surface area contributed by atoms with Crippen molar-refractivity contribution in [2.45, 2.75) is 6.10 Å². The molecule has 0 radical (unpaired) electrons. The number of aliphatic hydroxyl groups excluding tert-OH is 1. The van der Waals surface area contributed by atoms with Gasteiger partial charge in [0.25, 0.3) is 5.91 Å². The van der Waals surface area contributed by atoms with Gasteiger partial charge in [-0.25, -0.2) is 15.0 Å². The van der Waals surface area contributed by atoms with E-state index in [1.54, 1.807) is 29.7 Å². The fourth-order valence-corrected chi connectivity index (χ4v) is 3.00. The lowest BCUT2D eigenvalue weighted by Gasteiger charge is -2.22. The maximum absolute atomic E-state index is 12.5. The Morgan fingerprint density at radius 2 is 2.17 bits per heavy atom. The first-order chi connectivity index (χ1) is 11.7. The SMILES string of the molecule is O=C(c1cc[nH]c1)N1CCN(c2ncnc3nc[nH]c23)CC(O)C1. The van der Waals surface area contributed by atoms with Crippen molar-refractivity contribution in [2.75, 3.05) is 31.1 Å². The smallest absolute Gasteiger partial charge is 0.255 e. The summed E-state index contributed by atoms with van der Waals surface area (Å²) in [6, 6.07) is 1.73. The zero-order chi connectivity index (χ0) is 16.5. The summed E-state index contributed by atoms with van der Waals surface area (Å²) in [7, 11) is 0. The van der Waals surface area contributed by atoms with E-state index in [0.29, 0.717) is 36.7 Å². The second-order valence-electron chi connectivity index (χ2n) is 5.75. The highest BCUT2D eigenvalue weighted by molar-refractivity contribution is 5.94. The molecular formula is C15H17N7O2. The standard InChI is InChI=1S/C15H17N7O2/c23-11-6-21(14-12-13(18-8-17-12)19-9-20-14)3-4-22(7-11)15(24)10-1-2-16-5-10/h1-2,5,8-9,11,16,23H,3-4,6-7H2,(H,17,18,19,20). The summed E-state index contributed by atoms with van der Waals surface area (Å²) < 4.78 is 0. The summed E-state index contributed by atoms with van der Waals surface area (Å²) in [5, 5.41) is 10.3. The summed E-state index contributed by atoms with van der Waals surface area (Å²) in [5.74, 6) is 0.596. The lowest BCUT2D eigenvalue weighted by molar-refractivity contribution is 0.0674. The molecule has 1 atom stereocenters. The lowest BCUT2D eigenvalue weighted by atomic mass is 10.2. The molecule has 3 aromatic rings. The maximum atomic E-state index is 12.5. The summed E-state index contributed by atoms with van der Waals surface area (Å²) >= 11 is 0. The minimum Gasteiger partial charge on any atom is -0.389 e. The molecule has 4 rings (SSSR count). The molecule has 9 heteroatoms. The monoisotopic (exact) mass is 327 g/mol. The Morgan fingerprint density at radius 1 is 1.25 bits per heavy atom. The predicted molar refractivity (Wildman–Crippen MR) is 86.6 cm³/mol. The molecular weight excluding hydrogens is 310 g/mol. The second-order valence-corrected chi connectivity index (χ2v) is 5.75. The molecule has 9 nitrogen and oxygen atoms in total. The summed E-state index contributed by atoms with van der Waals surface area (Å²) in [6.07, 6.45) is 5.74. The molecule has 1 unspecified atom stereocenters. The van der Waals surface area contributed by atoms with Crippen LogP contribution in [-0.2, 0) is 0 Å². The molecule has 1 fully saturated rings. The molecule has 124 valence electrons. The van der Waals surface area contributed by atoms with E-state index in [1.807, 2.05) is 4.90 Å². The van der Waals surface area contributed by atoms with Crippen LogP contribution < -0.4 is 4.90 Å². The van der Waals surface area contributed by atoms with E-state index in [2.05, 4.69) is 24.9 Å². The quantitative estimate of drug-likeness (QED) is 0.611. The van der Waals surface area contributed by atoms with Crippen LogP contribution in [0.25, 0.3) is 11.2 Å². The number of H-pyrrole nitrogens is 2. The second kappa shape index (κ2) is 5.93. The van der Waals surface area contributed by atoms with Gasteiger partial charge in [0.1, 0.15) is 11.8 Å². The predicted octanol–water partition coefficient (Wildman–Crippen LogP) is 0.00430. The van der Waals surface area contributed by atoms with Gasteiger partial charge in [-0.15, -0.1) is 0 Å². The van der Waals surface area contributed by atoms with Crippen LogP contribution in [0.5, 0.6) is 0 Å². The minimum absolute atomic E-state index is 0.0912. The average molecular weight is 327 g/mol. The number of carbonyl (C=O) groups is 1. The van der Waals surface area contributed by atoms with Crippen molar-refractivity contribution in [3.63, 3.8) is 0 Å². The average Bonchev–Trinajstić information content (AvgIpc) is 3.24. The van der Waals surface area contributed by atoms with E-state index in [1.165, 1.54) is 6.33 Å². The Morgan fingerprint density at radius 3 is 3.00 bits per heavy atom. The van der Waals surface area contributed by atoms with E-state index >= 15 is 0 Å². The van der Waals surface area contributed by atoms with Gasteiger partial charge < -0.3 is 24.9 Å². The number of rotatable bonds is 2. The number of imidazole rings is 1. The number of nitrogens with one attached hydrogen (secondary N) is 2. The van der Waals surface area contributed by atoms with E-state index < -0.39 is 6.10 Å². The van der Waals surface area contributed by atoms with Crippen LogP contribution in [0.2, 0.25) is 0 Å². The van der Waals surface area contributed by atoms with Gasteiger partial charge in [-0.2, -0.15) is 0 Å². The van der Waals surface area contributed by atoms with Crippen molar-refractivity contribution < 1.29 is 9.90 Å².